The van der Waals surface area contributed by atoms with Gasteiger partial charge in [-0.1, -0.05) is 20.3 Å². The molecule has 2 N–H and O–H groups in total. The van der Waals surface area contributed by atoms with E-state index in [1.54, 1.807) is 14.2 Å². The number of ether oxygens (including phenoxy) is 2. The molecule has 0 spiro atoms. The van der Waals surface area contributed by atoms with Crippen molar-refractivity contribution >= 4 is 0 Å². The summed E-state index contributed by atoms with van der Waals surface area (Å²) < 4.78 is 10.8. The van der Waals surface area contributed by atoms with E-state index < -0.39 is 0 Å². The third kappa shape index (κ3) is 3.42. The van der Waals surface area contributed by atoms with Gasteiger partial charge in [0.25, 0.3) is 0 Å². The van der Waals surface area contributed by atoms with Gasteiger partial charge in [0.2, 0.25) is 0 Å². The van der Waals surface area contributed by atoms with Crippen LogP contribution in [0.4, 0.5) is 0 Å². The summed E-state index contributed by atoms with van der Waals surface area (Å²) in [5.74, 6) is 0.572. The molecule has 1 saturated heterocycles. The Balaban J connectivity index is 2.40. The summed E-state index contributed by atoms with van der Waals surface area (Å²) in [6.07, 6.45) is 1.51. The standard InChI is InChI=1S/C12H26N2O2/c1-5-9(2)10(13)6-14-7-11(15-3)12(8-14)16-4/h9-12H,5-8,13H2,1-4H3. The van der Waals surface area contributed by atoms with E-state index >= 15 is 0 Å². The molecule has 1 heterocycles. The molecule has 0 bridgehead atoms. The normalized spacial score (nSPS) is 30.6. The highest BCUT2D eigenvalue weighted by Crippen LogP contribution is 2.17. The molecule has 0 saturated carbocycles. The van der Waals surface area contributed by atoms with Gasteiger partial charge in [-0.3, -0.25) is 4.90 Å². The van der Waals surface area contributed by atoms with E-state index in [9.17, 15) is 0 Å². The second-order valence-electron chi connectivity index (χ2n) is 4.82. The maximum atomic E-state index is 6.16. The maximum absolute atomic E-state index is 6.16. The number of hydrogen-bond acceptors (Lipinski definition) is 4. The van der Waals surface area contributed by atoms with Crippen LogP contribution in [0.25, 0.3) is 0 Å². The van der Waals surface area contributed by atoms with Gasteiger partial charge in [0.1, 0.15) is 0 Å². The Morgan fingerprint density at radius 2 is 1.75 bits per heavy atom. The number of hydrogen-bond donors (Lipinski definition) is 1. The molecule has 0 radical (unpaired) electrons. The molecule has 1 fully saturated rings. The molecule has 96 valence electrons. The largest absolute Gasteiger partial charge is 0.377 e. The lowest BCUT2D eigenvalue weighted by molar-refractivity contribution is -0.00461. The lowest BCUT2D eigenvalue weighted by atomic mass is 10.00. The van der Waals surface area contributed by atoms with Gasteiger partial charge in [0, 0.05) is 39.9 Å². The fourth-order valence-corrected chi connectivity index (χ4v) is 2.20. The van der Waals surface area contributed by atoms with Crippen molar-refractivity contribution in [1.82, 2.24) is 4.90 Å². The van der Waals surface area contributed by atoms with Crippen LogP contribution in [0.1, 0.15) is 20.3 Å². The average Bonchev–Trinajstić information content (AvgIpc) is 2.69. The van der Waals surface area contributed by atoms with E-state index in [1.165, 1.54) is 0 Å². The lowest BCUT2D eigenvalue weighted by Crippen LogP contribution is -2.41. The summed E-state index contributed by atoms with van der Waals surface area (Å²) in [6, 6.07) is 0.248. The minimum absolute atomic E-state index is 0.189. The highest BCUT2D eigenvalue weighted by Gasteiger charge is 2.33. The quantitative estimate of drug-likeness (QED) is 0.730. The van der Waals surface area contributed by atoms with Gasteiger partial charge < -0.3 is 15.2 Å². The maximum Gasteiger partial charge on any atom is 0.0971 e. The molecule has 0 aromatic rings. The molecule has 1 aliphatic heterocycles. The Morgan fingerprint density at radius 3 is 2.12 bits per heavy atom. The summed E-state index contributed by atoms with van der Waals surface area (Å²) >= 11 is 0. The Morgan fingerprint density at radius 1 is 1.25 bits per heavy atom. The predicted molar refractivity (Wildman–Crippen MR) is 65.5 cm³/mol. The fourth-order valence-electron chi connectivity index (χ4n) is 2.20. The molecule has 0 amide bonds. The summed E-state index contributed by atoms with van der Waals surface area (Å²) in [6.45, 7) is 7.19. The predicted octanol–water partition coefficient (Wildman–Crippen LogP) is 0.705. The molecule has 0 aliphatic carbocycles. The topological polar surface area (TPSA) is 47.7 Å². The van der Waals surface area contributed by atoms with E-state index in [1.807, 2.05) is 0 Å². The zero-order valence-corrected chi connectivity index (χ0v) is 11.0. The first-order chi connectivity index (χ1) is 7.62. The number of rotatable bonds is 6. The molecule has 1 rings (SSSR count). The average molecular weight is 230 g/mol. The summed E-state index contributed by atoms with van der Waals surface area (Å²) in [4.78, 5) is 2.35. The molecular formula is C12H26N2O2. The van der Waals surface area contributed by atoms with Crippen molar-refractivity contribution in [1.29, 1.82) is 0 Å². The van der Waals surface area contributed by atoms with Gasteiger partial charge in [-0.25, -0.2) is 0 Å². The first-order valence-corrected chi connectivity index (χ1v) is 6.15. The highest BCUT2D eigenvalue weighted by molar-refractivity contribution is 4.87. The SMILES string of the molecule is CCC(C)C(N)CN1CC(OC)C(OC)C1. The van der Waals surface area contributed by atoms with Crippen LogP contribution in [0.15, 0.2) is 0 Å². The van der Waals surface area contributed by atoms with E-state index in [2.05, 4.69) is 18.7 Å². The van der Waals surface area contributed by atoms with Crippen LogP contribution >= 0.6 is 0 Å². The first kappa shape index (κ1) is 13.9. The van der Waals surface area contributed by atoms with Crippen LogP contribution < -0.4 is 5.73 Å². The monoisotopic (exact) mass is 230 g/mol. The minimum Gasteiger partial charge on any atom is -0.377 e. The molecule has 4 atom stereocenters. The van der Waals surface area contributed by atoms with Gasteiger partial charge in [0.15, 0.2) is 0 Å². The zero-order valence-electron chi connectivity index (χ0n) is 11.0. The molecule has 1 aliphatic rings. The summed E-state index contributed by atoms with van der Waals surface area (Å²) in [7, 11) is 3.49. The van der Waals surface area contributed by atoms with Crippen LogP contribution in [0.2, 0.25) is 0 Å². The molecule has 4 nitrogen and oxygen atoms in total. The molecule has 4 heteroatoms. The Labute approximate surface area is 99.1 Å². The summed E-state index contributed by atoms with van der Waals surface area (Å²) in [5.41, 5.74) is 6.16. The van der Waals surface area contributed by atoms with Crippen molar-refractivity contribution in [2.24, 2.45) is 11.7 Å². The van der Waals surface area contributed by atoms with Crippen molar-refractivity contribution in [2.45, 2.75) is 38.5 Å². The fraction of sp³-hybridized carbons (Fsp3) is 1.00. The zero-order chi connectivity index (χ0) is 12.1. The van der Waals surface area contributed by atoms with Crippen LogP contribution in [0.3, 0.4) is 0 Å². The number of likely N-dealkylation sites (tertiary alicyclic amines) is 1. The highest BCUT2D eigenvalue weighted by atomic mass is 16.5. The van der Waals surface area contributed by atoms with E-state index in [-0.39, 0.29) is 18.2 Å². The first-order valence-electron chi connectivity index (χ1n) is 6.15. The van der Waals surface area contributed by atoms with Crippen LogP contribution in [0.5, 0.6) is 0 Å². The smallest absolute Gasteiger partial charge is 0.0971 e. The van der Waals surface area contributed by atoms with Gasteiger partial charge in [-0.15, -0.1) is 0 Å². The van der Waals surface area contributed by atoms with Crippen molar-refractivity contribution in [2.75, 3.05) is 33.9 Å². The van der Waals surface area contributed by atoms with E-state index in [4.69, 9.17) is 15.2 Å². The van der Waals surface area contributed by atoms with Gasteiger partial charge in [0.05, 0.1) is 12.2 Å². The number of nitrogens with two attached hydrogens (primary N) is 1. The lowest BCUT2D eigenvalue weighted by Gasteiger charge is -2.24. The Kier molecular flexibility index (Phi) is 5.69. The minimum atomic E-state index is 0.189. The molecule has 0 aromatic carbocycles. The van der Waals surface area contributed by atoms with Gasteiger partial charge >= 0.3 is 0 Å². The number of methoxy groups -OCH3 is 2. The van der Waals surface area contributed by atoms with Crippen molar-refractivity contribution < 1.29 is 9.47 Å². The Bertz CT molecular complexity index is 189. The molecule has 16 heavy (non-hydrogen) atoms. The second kappa shape index (κ2) is 6.55. The van der Waals surface area contributed by atoms with Crippen LogP contribution in [-0.2, 0) is 9.47 Å². The third-order valence-corrected chi connectivity index (χ3v) is 3.74. The van der Waals surface area contributed by atoms with E-state index in [0.717, 1.165) is 26.1 Å². The molecular weight excluding hydrogens is 204 g/mol. The molecule has 4 unspecified atom stereocenters. The van der Waals surface area contributed by atoms with Gasteiger partial charge in [-0.2, -0.15) is 0 Å². The summed E-state index contributed by atoms with van der Waals surface area (Å²) in [5, 5.41) is 0. The van der Waals surface area contributed by atoms with E-state index in [0.29, 0.717) is 5.92 Å². The van der Waals surface area contributed by atoms with Crippen molar-refractivity contribution in [3.8, 4) is 0 Å². The van der Waals surface area contributed by atoms with Gasteiger partial charge in [-0.05, 0) is 5.92 Å². The van der Waals surface area contributed by atoms with Crippen LogP contribution in [0, 0.1) is 5.92 Å². The number of nitrogens with zero attached hydrogens (tertiary/aromatic N) is 1. The van der Waals surface area contributed by atoms with Crippen LogP contribution in [-0.4, -0.2) is 57.0 Å². The Hall–Kier alpha value is -0.160. The van der Waals surface area contributed by atoms with Crippen molar-refractivity contribution in [3.05, 3.63) is 0 Å². The van der Waals surface area contributed by atoms with Crippen molar-refractivity contribution in [3.63, 3.8) is 0 Å². The third-order valence-electron chi connectivity index (χ3n) is 3.74. The second-order valence-corrected chi connectivity index (χ2v) is 4.82. The molecule has 0 aromatic heterocycles.